The van der Waals surface area contributed by atoms with Gasteiger partial charge in [0, 0.05) is 10.4 Å². The maximum absolute atomic E-state index is 5.92. The minimum atomic E-state index is 0.770. The Morgan fingerprint density at radius 1 is 1.17 bits per heavy atom. The monoisotopic (exact) mass is 328 g/mol. The SMILES string of the molecule is Clc1ccc(CC(CBr)CCC2CCCC2)cc1. The fourth-order valence-corrected chi connectivity index (χ4v) is 3.64. The average molecular weight is 330 g/mol. The van der Waals surface area contributed by atoms with Crippen molar-refractivity contribution in [2.24, 2.45) is 11.8 Å². The molecule has 1 saturated carbocycles. The first-order chi connectivity index (χ1) is 8.78. The van der Waals surface area contributed by atoms with Crippen LogP contribution in [-0.2, 0) is 6.42 Å². The number of alkyl halides is 1. The van der Waals surface area contributed by atoms with Crippen LogP contribution in [0.3, 0.4) is 0 Å². The van der Waals surface area contributed by atoms with Crippen molar-refractivity contribution in [1.82, 2.24) is 0 Å². The maximum atomic E-state index is 5.92. The van der Waals surface area contributed by atoms with Crippen molar-refractivity contribution in [3.63, 3.8) is 0 Å². The van der Waals surface area contributed by atoms with Gasteiger partial charge in [0.25, 0.3) is 0 Å². The van der Waals surface area contributed by atoms with Crippen molar-refractivity contribution >= 4 is 27.5 Å². The second kappa shape index (κ2) is 7.55. The second-order valence-electron chi connectivity index (χ2n) is 5.58. The predicted molar refractivity (Wildman–Crippen MR) is 83.6 cm³/mol. The minimum absolute atomic E-state index is 0.770. The lowest BCUT2D eigenvalue weighted by molar-refractivity contribution is 0.419. The molecule has 2 heteroatoms. The molecule has 0 amide bonds. The summed E-state index contributed by atoms with van der Waals surface area (Å²) in [7, 11) is 0. The molecule has 1 aromatic rings. The van der Waals surface area contributed by atoms with Gasteiger partial charge in [-0.1, -0.05) is 71.8 Å². The van der Waals surface area contributed by atoms with Gasteiger partial charge in [0.2, 0.25) is 0 Å². The topological polar surface area (TPSA) is 0 Å². The van der Waals surface area contributed by atoms with Crippen LogP contribution in [0.1, 0.15) is 44.1 Å². The van der Waals surface area contributed by atoms with Crippen molar-refractivity contribution in [2.45, 2.75) is 44.9 Å². The molecule has 0 nitrogen and oxygen atoms in total. The van der Waals surface area contributed by atoms with Gasteiger partial charge in [-0.2, -0.15) is 0 Å². The van der Waals surface area contributed by atoms with E-state index < -0.39 is 0 Å². The van der Waals surface area contributed by atoms with Gasteiger partial charge in [-0.25, -0.2) is 0 Å². The fraction of sp³-hybridized carbons (Fsp3) is 0.625. The summed E-state index contributed by atoms with van der Waals surface area (Å²) >= 11 is 9.59. The van der Waals surface area contributed by atoms with Gasteiger partial charge >= 0.3 is 0 Å². The zero-order valence-electron chi connectivity index (χ0n) is 10.9. The molecule has 0 heterocycles. The fourth-order valence-electron chi connectivity index (χ4n) is 2.96. The van der Waals surface area contributed by atoms with Crippen LogP contribution in [0.15, 0.2) is 24.3 Å². The molecule has 0 aliphatic heterocycles. The Bertz CT molecular complexity index is 341. The molecule has 1 unspecified atom stereocenters. The van der Waals surface area contributed by atoms with Gasteiger partial charge in [-0.3, -0.25) is 0 Å². The lowest BCUT2D eigenvalue weighted by atomic mass is 9.91. The number of hydrogen-bond donors (Lipinski definition) is 0. The van der Waals surface area contributed by atoms with Crippen molar-refractivity contribution < 1.29 is 0 Å². The van der Waals surface area contributed by atoms with E-state index in [1.165, 1.54) is 50.5 Å². The van der Waals surface area contributed by atoms with Crippen molar-refractivity contribution in [3.8, 4) is 0 Å². The zero-order chi connectivity index (χ0) is 12.8. The largest absolute Gasteiger partial charge is 0.0925 e. The molecule has 1 aliphatic rings. The molecular formula is C16H22BrCl. The lowest BCUT2D eigenvalue weighted by Crippen LogP contribution is -2.08. The molecule has 0 aromatic heterocycles. The molecule has 1 aliphatic carbocycles. The van der Waals surface area contributed by atoms with Crippen LogP contribution in [0.5, 0.6) is 0 Å². The van der Waals surface area contributed by atoms with E-state index in [2.05, 4.69) is 28.1 Å². The maximum Gasteiger partial charge on any atom is 0.0406 e. The molecule has 1 atom stereocenters. The highest BCUT2D eigenvalue weighted by molar-refractivity contribution is 9.09. The Balaban J connectivity index is 1.79. The first kappa shape index (κ1) is 14.4. The zero-order valence-corrected chi connectivity index (χ0v) is 13.2. The summed E-state index contributed by atoms with van der Waals surface area (Å²) in [6.07, 6.45) is 9.81. The van der Waals surface area contributed by atoms with Crippen LogP contribution in [0.25, 0.3) is 0 Å². The third kappa shape index (κ3) is 4.59. The first-order valence-electron chi connectivity index (χ1n) is 7.08. The van der Waals surface area contributed by atoms with Gasteiger partial charge in [0.05, 0.1) is 0 Å². The molecule has 18 heavy (non-hydrogen) atoms. The molecule has 1 aromatic carbocycles. The molecule has 0 bridgehead atoms. The molecule has 1 fully saturated rings. The van der Waals surface area contributed by atoms with Gasteiger partial charge in [0.1, 0.15) is 0 Å². The summed E-state index contributed by atoms with van der Waals surface area (Å²) in [5.74, 6) is 1.78. The third-order valence-corrected chi connectivity index (χ3v) is 5.28. The lowest BCUT2D eigenvalue weighted by Gasteiger charge is -2.16. The van der Waals surface area contributed by atoms with Crippen molar-refractivity contribution in [2.75, 3.05) is 5.33 Å². The Morgan fingerprint density at radius 3 is 2.44 bits per heavy atom. The summed E-state index contributed by atoms with van der Waals surface area (Å²) in [6, 6.07) is 8.32. The van der Waals surface area contributed by atoms with Crippen LogP contribution in [0.4, 0.5) is 0 Å². The van der Waals surface area contributed by atoms with Gasteiger partial charge in [0.15, 0.2) is 0 Å². The summed E-state index contributed by atoms with van der Waals surface area (Å²) in [6.45, 7) is 0. The molecule has 0 N–H and O–H groups in total. The van der Waals surface area contributed by atoms with Crippen LogP contribution in [0, 0.1) is 11.8 Å². The molecule has 0 spiro atoms. The Kier molecular flexibility index (Phi) is 6.04. The Labute approximate surface area is 124 Å². The third-order valence-electron chi connectivity index (χ3n) is 4.11. The normalized spacial score (nSPS) is 18.1. The molecule has 2 rings (SSSR count). The van der Waals surface area contributed by atoms with Gasteiger partial charge < -0.3 is 0 Å². The highest BCUT2D eigenvalue weighted by atomic mass is 79.9. The van der Waals surface area contributed by atoms with E-state index in [1.54, 1.807) is 0 Å². The van der Waals surface area contributed by atoms with Crippen molar-refractivity contribution in [3.05, 3.63) is 34.9 Å². The van der Waals surface area contributed by atoms with Gasteiger partial charge in [-0.05, 0) is 42.4 Å². The predicted octanol–water partition coefficient (Wildman–Crippen LogP) is 5.86. The van der Waals surface area contributed by atoms with E-state index in [4.69, 9.17) is 11.6 Å². The van der Waals surface area contributed by atoms with E-state index in [0.29, 0.717) is 0 Å². The number of halogens is 2. The quantitative estimate of drug-likeness (QED) is 0.573. The summed E-state index contributed by atoms with van der Waals surface area (Å²) in [5.41, 5.74) is 1.41. The highest BCUT2D eigenvalue weighted by Crippen LogP contribution is 2.31. The molecular weight excluding hydrogens is 308 g/mol. The van der Waals surface area contributed by atoms with E-state index in [9.17, 15) is 0 Å². The molecule has 0 radical (unpaired) electrons. The highest BCUT2D eigenvalue weighted by Gasteiger charge is 2.17. The minimum Gasteiger partial charge on any atom is -0.0925 e. The van der Waals surface area contributed by atoms with Crippen LogP contribution in [0.2, 0.25) is 5.02 Å². The standard InChI is InChI=1S/C16H22BrCl/c17-12-15(6-5-13-3-1-2-4-13)11-14-7-9-16(18)10-8-14/h7-10,13,15H,1-6,11-12H2. The van der Waals surface area contributed by atoms with E-state index in [0.717, 1.165) is 22.2 Å². The number of benzene rings is 1. The number of hydrogen-bond acceptors (Lipinski definition) is 0. The summed E-state index contributed by atoms with van der Waals surface area (Å²) < 4.78 is 0. The second-order valence-corrected chi connectivity index (χ2v) is 6.66. The Morgan fingerprint density at radius 2 is 1.83 bits per heavy atom. The van der Waals surface area contributed by atoms with Crippen LogP contribution < -0.4 is 0 Å². The number of rotatable bonds is 6. The molecule has 0 saturated heterocycles. The summed E-state index contributed by atoms with van der Waals surface area (Å²) in [5, 5.41) is 1.95. The average Bonchev–Trinajstić information content (AvgIpc) is 2.90. The van der Waals surface area contributed by atoms with Crippen LogP contribution >= 0.6 is 27.5 Å². The van der Waals surface area contributed by atoms with E-state index >= 15 is 0 Å². The first-order valence-corrected chi connectivity index (χ1v) is 8.58. The van der Waals surface area contributed by atoms with Crippen LogP contribution in [-0.4, -0.2) is 5.33 Å². The van der Waals surface area contributed by atoms with E-state index in [1.807, 2.05) is 12.1 Å². The summed E-state index contributed by atoms with van der Waals surface area (Å²) in [4.78, 5) is 0. The Hall–Kier alpha value is -0.0100. The smallest absolute Gasteiger partial charge is 0.0406 e. The molecule has 100 valence electrons. The van der Waals surface area contributed by atoms with Gasteiger partial charge in [-0.15, -0.1) is 0 Å². The van der Waals surface area contributed by atoms with Crippen molar-refractivity contribution in [1.29, 1.82) is 0 Å². The van der Waals surface area contributed by atoms with E-state index in [-0.39, 0.29) is 0 Å².